The fourth-order valence-electron chi connectivity index (χ4n) is 8.30. The molecule has 6 heteroatoms. The van der Waals surface area contributed by atoms with Crippen LogP contribution in [0.5, 0.6) is 0 Å². The molecule has 0 rings (SSSR count). The van der Waals surface area contributed by atoms with Crippen molar-refractivity contribution in [3.63, 3.8) is 0 Å². The normalized spacial score (nSPS) is 13.0. The van der Waals surface area contributed by atoms with Gasteiger partial charge in [0, 0.05) is 19.3 Å². The monoisotopic (exact) mass is 1050 g/mol. The van der Waals surface area contributed by atoms with Crippen molar-refractivity contribution < 1.29 is 28.6 Å². The molecule has 0 aliphatic rings. The highest BCUT2D eigenvalue weighted by atomic mass is 16.6. The Morgan fingerprint density at radius 1 is 0.276 bits per heavy atom. The molecule has 6 nitrogen and oxygen atoms in total. The van der Waals surface area contributed by atoms with Crippen molar-refractivity contribution in [2.45, 2.75) is 277 Å². The van der Waals surface area contributed by atoms with Crippen LogP contribution in [0.25, 0.3) is 0 Å². The van der Waals surface area contributed by atoms with Crippen LogP contribution in [0, 0.1) is 0 Å². The zero-order chi connectivity index (χ0) is 55.0. The molecule has 0 heterocycles. The number of unbranched alkanes of at least 4 members (excludes halogenated alkanes) is 22. The van der Waals surface area contributed by atoms with E-state index in [1.807, 2.05) is 0 Å². The van der Waals surface area contributed by atoms with Gasteiger partial charge in [-0.05, 0) is 116 Å². The second-order valence-corrected chi connectivity index (χ2v) is 20.2. The van der Waals surface area contributed by atoms with Crippen molar-refractivity contribution >= 4 is 17.9 Å². The first-order valence-electron chi connectivity index (χ1n) is 31.2. The van der Waals surface area contributed by atoms with Gasteiger partial charge in [-0.25, -0.2) is 0 Å². The molecule has 0 aromatic rings. The molecule has 0 radical (unpaired) electrons. The van der Waals surface area contributed by atoms with E-state index >= 15 is 0 Å². The van der Waals surface area contributed by atoms with E-state index in [2.05, 4.69) is 154 Å². The summed E-state index contributed by atoms with van der Waals surface area (Å²) in [5.41, 5.74) is 0. The number of hydrogen-bond acceptors (Lipinski definition) is 6. The Balaban J connectivity index is 4.17. The number of hydrogen-bond donors (Lipinski definition) is 0. The molecule has 0 aromatic carbocycles. The third-order valence-corrected chi connectivity index (χ3v) is 12.9. The van der Waals surface area contributed by atoms with Gasteiger partial charge in [0.2, 0.25) is 0 Å². The zero-order valence-corrected chi connectivity index (χ0v) is 49.2. The number of carbonyl (C=O) groups excluding carboxylic acids is 3. The summed E-state index contributed by atoms with van der Waals surface area (Å²) in [5, 5.41) is 0. The van der Waals surface area contributed by atoms with Crippen LogP contribution in [0.2, 0.25) is 0 Å². The van der Waals surface area contributed by atoms with Crippen LogP contribution in [0.15, 0.2) is 134 Å². The molecule has 0 fully saturated rings. The molecule has 0 aliphatic heterocycles. The maximum Gasteiger partial charge on any atom is 0.306 e. The molecule has 0 saturated carbocycles. The summed E-state index contributed by atoms with van der Waals surface area (Å²) in [6.07, 6.45) is 89.1. The van der Waals surface area contributed by atoms with Gasteiger partial charge >= 0.3 is 17.9 Å². The van der Waals surface area contributed by atoms with E-state index in [-0.39, 0.29) is 31.1 Å². The fourth-order valence-corrected chi connectivity index (χ4v) is 8.30. The minimum Gasteiger partial charge on any atom is -0.462 e. The van der Waals surface area contributed by atoms with Crippen molar-refractivity contribution in [3.05, 3.63) is 134 Å². The molecule has 0 aromatic heterocycles. The van der Waals surface area contributed by atoms with Crippen LogP contribution >= 0.6 is 0 Å². The van der Waals surface area contributed by atoms with Gasteiger partial charge in [-0.15, -0.1) is 0 Å². The molecule has 76 heavy (non-hydrogen) atoms. The first-order chi connectivity index (χ1) is 37.5. The smallest absolute Gasteiger partial charge is 0.306 e. The summed E-state index contributed by atoms with van der Waals surface area (Å²) in [5.74, 6) is -0.912. The van der Waals surface area contributed by atoms with E-state index < -0.39 is 6.10 Å². The van der Waals surface area contributed by atoms with E-state index in [0.29, 0.717) is 19.3 Å². The Morgan fingerprint density at radius 2 is 0.513 bits per heavy atom. The van der Waals surface area contributed by atoms with Gasteiger partial charge in [-0.2, -0.15) is 0 Å². The SMILES string of the molecule is CC/C=C\C/C=C\C/C=C\C/C=C\C/C=C\C/C=C\C/C=C\CCCCCCCCCC(=O)OCC(COC(=O)CCCCCCCC)OC(=O)CCCCCCCCCCCC/C=C\C/C=C\C/C=C\C/C=C\CC. The van der Waals surface area contributed by atoms with Crippen molar-refractivity contribution in [1.82, 2.24) is 0 Å². The topological polar surface area (TPSA) is 78.9 Å². The van der Waals surface area contributed by atoms with Crippen LogP contribution in [0.3, 0.4) is 0 Å². The Kier molecular flexibility index (Phi) is 59.4. The summed E-state index contributed by atoms with van der Waals surface area (Å²) in [6, 6.07) is 0. The Hall–Kier alpha value is -4.45. The number of ether oxygens (including phenoxy) is 3. The molecular formula is C70H114O6. The van der Waals surface area contributed by atoms with E-state index in [4.69, 9.17) is 14.2 Å². The van der Waals surface area contributed by atoms with Gasteiger partial charge in [0.15, 0.2) is 6.10 Å². The predicted molar refractivity (Wildman–Crippen MR) is 329 cm³/mol. The highest BCUT2D eigenvalue weighted by Gasteiger charge is 2.19. The minimum absolute atomic E-state index is 0.0859. The molecule has 0 N–H and O–H groups in total. The summed E-state index contributed by atoms with van der Waals surface area (Å²) in [7, 11) is 0. The van der Waals surface area contributed by atoms with Crippen LogP contribution in [0.1, 0.15) is 271 Å². The van der Waals surface area contributed by atoms with Gasteiger partial charge in [0.05, 0.1) is 0 Å². The van der Waals surface area contributed by atoms with Crippen LogP contribution in [-0.4, -0.2) is 37.2 Å². The molecular weight excluding hydrogens is 937 g/mol. The predicted octanol–water partition coefficient (Wildman–Crippen LogP) is 21.4. The van der Waals surface area contributed by atoms with Crippen LogP contribution in [-0.2, 0) is 28.6 Å². The Bertz CT molecular complexity index is 1630. The molecule has 430 valence electrons. The largest absolute Gasteiger partial charge is 0.462 e. The maximum atomic E-state index is 12.8. The molecule has 0 saturated heterocycles. The zero-order valence-electron chi connectivity index (χ0n) is 49.2. The summed E-state index contributed by atoms with van der Waals surface area (Å²) in [6.45, 7) is 6.34. The van der Waals surface area contributed by atoms with E-state index in [9.17, 15) is 14.4 Å². The van der Waals surface area contributed by atoms with Gasteiger partial charge in [-0.3, -0.25) is 14.4 Å². The van der Waals surface area contributed by atoms with Crippen LogP contribution in [0.4, 0.5) is 0 Å². The lowest BCUT2D eigenvalue weighted by Gasteiger charge is -2.18. The molecule has 0 spiro atoms. The third-order valence-electron chi connectivity index (χ3n) is 12.9. The summed E-state index contributed by atoms with van der Waals surface area (Å²) >= 11 is 0. The molecule has 0 bridgehead atoms. The van der Waals surface area contributed by atoms with Gasteiger partial charge in [-0.1, -0.05) is 270 Å². The number of esters is 3. The molecule has 1 unspecified atom stereocenters. The summed E-state index contributed by atoms with van der Waals surface area (Å²) in [4.78, 5) is 38.0. The number of allylic oxidation sites excluding steroid dienone is 22. The lowest BCUT2D eigenvalue weighted by molar-refractivity contribution is -0.167. The quantitative estimate of drug-likeness (QED) is 0.0261. The average Bonchev–Trinajstić information content (AvgIpc) is 3.42. The first kappa shape index (κ1) is 71.5. The third kappa shape index (κ3) is 60.4. The second kappa shape index (κ2) is 63.1. The maximum absolute atomic E-state index is 12.8. The standard InChI is InChI=1S/C70H114O6/c1-4-7-10-13-16-18-20-22-24-26-28-30-32-33-34-35-36-37-39-40-42-44-46-48-50-52-54-57-60-63-69(72)75-66-67(65-74-68(71)62-59-56-15-12-9-6-3)76-70(73)64-61-58-55-53-51-49-47-45-43-41-38-31-29-27-25-23-21-19-17-14-11-8-5-2/h7-8,10-11,16-19,22-25,28-31,33-34,36-37,40,42,67H,4-6,9,12-15,20-21,26-27,32,35,38-39,41,43-66H2,1-3H3/b10-7-,11-8-,18-16-,19-17-,24-22-,25-23-,30-28-,31-29-,34-33-,37-36-,42-40-. The molecule has 0 aliphatic carbocycles. The van der Waals surface area contributed by atoms with E-state index in [1.165, 1.54) is 96.3 Å². The highest BCUT2D eigenvalue weighted by molar-refractivity contribution is 5.71. The fraction of sp³-hybridized carbons (Fsp3) is 0.643. The molecule has 0 amide bonds. The molecule has 1 atom stereocenters. The minimum atomic E-state index is -0.787. The van der Waals surface area contributed by atoms with Gasteiger partial charge in [0.25, 0.3) is 0 Å². The number of rotatable bonds is 55. The lowest BCUT2D eigenvalue weighted by atomic mass is 10.0. The first-order valence-corrected chi connectivity index (χ1v) is 31.2. The number of carbonyl (C=O) groups is 3. The van der Waals surface area contributed by atoms with Crippen molar-refractivity contribution in [3.8, 4) is 0 Å². The summed E-state index contributed by atoms with van der Waals surface area (Å²) < 4.78 is 16.8. The van der Waals surface area contributed by atoms with E-state index in [1.54, 1.807) is 0 Å². The Labute approximate surface area is 468 Å². The second-order valence-electron chi connectivity index (χ2n) is 20.2. The van der Waals surface area contributed by atoms with Gasteiger partial charge < -0.3 is 14.2 Å². The Morgan fingerprint density at radius 3 is 0.803 bits per heavy atom. The van der Waals surface area contributed by atoms with E-state index in [0.717, 1.165) is 135 Å². The van der Waals surface area contributed by atoms with Crippen molar-refractivity contribution in [2.24, 2.45) is 0 Å². The average molecular weight is 1050 g/mol. The van der Waals surface area contributed by atoms with Gasteiger partial charge in [0.1, 0.15) is 13.2 Å². The van der Waals surface area contributed by atoms with Crippen LogP contribution < -0.4 is 0 Å². The lowest BCUT2D eigenvalue weighted by Crippen LogP contribution is -2.30. The van der Waals surface area contributed by atoms with Crippen molar-refractivity contribution in [2.75, 3.05) is 13.2 Å². The van der Waals surface area contributed by atoms with Crippen molar-refractivity contribution in [1.29, 1.82) is 0 Å². The highest BCUT2D eigenvalue weighted by Crippen LogP contribution is 2.15.